The van der Waals surface area contributed by atoms with Crippen LogP contribution in [0, 0.1) is 17.8 Å². The van der Waals surface area contributed by atoms with Gasteiger partial charge >= 0.3 is 0 Å². The van der Waals surface area contributed by atoms with Gasteiger partial charge in [-0.25, -0.2) is 0 Å². The van der Waals surface area contributed by atoms with E-state index >= 15 is 0 Å². The van der Waals surface area contributed by atoms with Crippen LogP contribution in [0.1, 0.15) is 81.6 Å². The number of nitrogens with zero attached hydrogens (tertiary/aromatic N) is 1. The molecule has 1 aliphatic rings. The van der Waals surface area contributed by atoms with Gasteiger partial charge in [0.1, 0.15) is 23.7 Å². The topological polar surface area (TPSA) is 157 Å². The van der Waals surface area contributed by atoms with Crippen LogP contribution in [0.15, 0.2) is 0 Å². The number of hydrogen-bond donors (Lipinski definition) is 4. The lowest BCUT2D eigenvalue weighted by Crippen LogP contribution is -2.62. The standard InChI is InChI=1S/C28H50N4O7/c1-11-16(5)21(30-27(38)23(17(6)12-2)32(10)19(8)34)25(36)31-22(18(7)33)26(37)29-20(13-15(3)4)24(35)28(9)14-39-28/h15-18,20-23,33H,11-14H2,1-10H3,(H,29,37)(H,30,38)(H,31,36)/t16-,17?,18+,20-,21-,22-,23-,28+/m0/s1. The number of ketones is 1. The second-order valence-corrected chi connectivity index (χ2v) is 11.6. The van der Waals surface area contributed by atoms with Crippen molar-refractivity contribution < 1.29 is 33.8 Å². The Morgan fingerprint density at radius 2 is 1.36 bits per heavy atom. The summed E-state index contributed by atoms with van der Waals surface area (Å²) in [7, 11) is 1.55. The van der Waals surface area contributed by atoms with E-state index in [-0.39, 0.29) is 36.1 Å². The van der Waals surface area contributed by atoms with Crippen LogP contribution in [0.25, 0.3) is 0 Å². The maximum Gasteiger partial charge on any atom is 0.245 e. The van der Waals surface area contributed by atoms with Gasteiger partial charge in [-0.05, 0) is 38.0 Å². The van der Waals surface area contributed by atoms with Gasteiger partial charge in [0.2, 0.25) is 23.6 Å². The van der Waals surface area contributed by atoms with Gasteiger partial charge in [0.05, 0.1) is 18.8 Å². The van der Waals surface area contributed by atoms with E-state index in [1.165, 1.54) is 18.7 Å². The first-order chi connectivity index (χ1) is 18.0. The summed E-state index contributed by atoms with van der Waals surface area (Å²) in [6.07, 6.45) is 0.280. The molecule has 1 unspecified atom stereocenters. The predicted molar refractivity (Wildman–Crippen MR) is 147 cm³/mol. The Morgan fingerprint density at radius 1 is 0.872 bits per heavy atom. The number of amides is 4. The molecule has 1 saturated heterocycles. The van der Waals surface area contributed by atoms with E-state index in [9.17, 15) is 29.1 Å². The van der Waals surface area contributed by atoms with E-state index in [0.717, 1.165) is 0 Å². The highest BCUT2D eigenvalue weighted by Crippen LogP contribution is 2.29. The second-order valence-electron chi connectivity index (χ2n) is 11.6. The molecule has 1 heterocycles. The summed E-state index contributed by atoms with van der Waals surface area (Å²) in [5.41, 5.74) is -0.943. The van der Waals surface area contributed by atoms with Crippen LogP contribution in [0.4, 0.5) is 0 Å². The maximum atomic E-state index is 13.4. The number of carbonyl (C=O) groups excluding carboxylic acids is 5. The molecule has 0 spiro atoms. The monoisotopic (exact) mass is 554 g/mol. The molecule has 0 bridgehead atoms. The first kappa shape index (κ1) is 34.5. The van der Waals surface area contributed by atoms with E-state index in [1.807, 2.05) is 34.6 Å². The molecule has 0 saturated carbocycles. The molecule has 0 aromatic rings. The zero-order valence-corrected chi connectivity index (χ0v) is 25.3. The Labute approximate surface area is 233 Å². The molecule has 1 rings (SSSR count). The second kappa shape index (κ2) is 14.7. The number of hydrogen-bond acceptors (Lipinski definition) is 7. The molecule has 4 amide bonds. The predicted octanol–water partition coefficient (Wildman–Crippen LogP) is 1.16. The minimum Gasteiger partial charge on any atom is -0.391 e. The smallest absolute Gasteiger partial charge is 0.245 e. The van der Waals surface area contributed by atoms with Gasteiger partial charge in [-0.1, -0.05) is 54.4 Å². The number of epoxide rings is 1. The normalized spacial score (nSPS) is 21.9. The van der Waals surface area contributed by atoms with E-state index in [4.69, 9.17) is 4.74 Å². The van der Waals surface area contributed by atoms with Crippen molar-refractivity contribution in [1.29, 1.82) is 0 Å². The Morgan fingerprint density at radius 3 is 1.77 bits per heavy atom. The van der Waals surface area contributed by atoms with E-state index in [0.29, 0.717) is 19.3 Å². The molecule has 11 nitrogen and oxygen atoms in total. The Balaban J connectivity index is 3.15. The van der Waals surface area contributed by atoms with Crippen molar-refractivity contribution in [2.75, 3.05) is 13.7 Å². The largest absolute Gasteiger partial charge is 0.391 e. The summed E-state index contributed by atoms with van der Waals surface area (Å²) < 4.78 is 5.27. The van der Waals surface area contributed by atoms with E-state index in [2.05, 4.69) is 16.0 Å². The van der Waals surface area contributed by atoms with Gasteiger partial charge in [-0.15, -0.1) is 0 Å². The number of Topliss-reactive ketones (excluding diaryl/α,β-unsaturated/α-hetero) is 1. The number of nitrogens with one attached hydrogen (secondary N) is 3. The molecule has 0 aromatic carbocycles. The third kappa shape index (κ3) is 9.56. The lowest BCUT2D eigenvalue weighted by Gasteiger charge is -2.34. The number of likely N-dealkylation sites (N-methyl/N-ethyl adjacent to an activating group) is 1. The summed E-state index contributed by atoms with van der Waals surface area (Å²) in [5, 5.41) is 18.5. The molecule has 224 valence electrons. The van der Waals surface area contributed by atoms with Crippen LogP contribution in [-0.2, 0) is 28.7 Å². The number of ether oxygens (including phenoxy) is 1. The minimum atomic E-state index is -1.36. The molecule has 0 aliphatic carbocycles. The number of aliphatic hydroxyl groups excluding tert-OH is 1. The van der Waals surface area contributed by atoms with Crippen molar-refractivity contribution in [2.24, 2.45) is 17.8 Å². The fourth-order valence-electron chi connectivity index (χ4n) is 4.41. The van der Waals surface area contributed by atoms with Gasteiger partial charge in [0.15, 0.2) is 5.78 Å². The average Bonchev–Trinajstić information content (AvgIpc) is 3.61. The molecule has 39 heavy (non-hydrogen) atoms. The summed E-state index contributed by atoms with van der Waals surface area (Å²) >= 11 is 0. The fourth-order valence-corrected chi connectivity index (χ4v) is 4.41. The Hall–Kier alpha value is -2.53. The summed E-state index contributed by atoms with van der Waals surface area (Å²) in [4.78, 5) is 66.4. The van der Waals surface area contributed by atoms with Gasteiger partial charge in [0, 0.05) is 14.0 Å². The SMILES string of the molecule is CCC(C)[C@@H](C(=O)N[C@H](C(=O)N[C@H](C(=O)N[C@@H](CC(C)C)C(=O)[C@@]1(C)CO1)[C@@H](C)O)[C@@H](C)CC)N(C)C(C)=O. The van der Waals surface area contributed by atoms with Gasteiger partial charge in [0.25, 0.3) is 0 Å². The molecule has 8 atom stereocenters. The zero-order chi connectivity index (χ0) is 30.2. The van der Waals surface area contributed by atoms with Crippen molar-refractivity contribution >= 4 is 29.4 Å². The first-order valence-corrected chi connectivity index (χ1v) is 14.0. The third-order valence-electron chi connectivity index (χ3n) is 7.66. The number of carbonyl (C=O) groups is 5. The Kier molecular flexibility index (Phi) is 13.0. The van der Waals surface area contributed by atoms with Crippen LogP contribution >= 0.6 is 0 Å². The summed E-state index contributed by atoms with van der Waals surface area (Å²) in [6, 6.07) is -4.00. The third-order valence-corrected chi connectivity index (χ3v) is 7.66. The van der Waals surface area contributed by atoms with Crippen molar-refractivity contribution in [1.82, 2.24) is 20.9 Å². The van der Waals surface area contributed by atoms with E-state index < -0.39 is 53.6 Å². The highest BCUT2D eigenvalue weighted by atomic mass is 16.6. The van der Waals surface area contributed by atoms with Gasteiger partial charge in [-0.3, -0.25) is 24.0 Å². The zero-order valence-electron chi connectivity index (χ0n) is 25.3. The fraction of sp³-hybridized carbons (Fsp3) is 0.821. The molecule has 1 aliphatic heterocycles. The van der Waals surface area contributed by atoms with Crippen LogP contribution in [0.5, 0.6) is 0 Å². The number of aliphatic hydroxyl groups is 1. The van der Waals surface area contributed by atoms with Crippen molar-refractivity contribution in [3.8, 4) is 0 Å². The molecular formula is C28H50N4O7. The minimum absolute atomic E-state index is 0.0952. The molecular weight excluding hydrogens is 504 g/mol. The van der Waals surface area contributed by atoms with Crippen LogP contribution in [0.2, 0.25) is 0 Å². The molecule has 0 radical (unpaired) electrons. The van der Waals surface area contributed by atoms with E-state index in [1.54, 1.807) is 20.9 Å². The van der Waals surface area contributed by atoms with Crippen molar-refractivity contribution in [3.05, 3.63) is 0 Å². The van der Waals surface area contributed by atoms with Gasteiger partial charge in [-0.2, -0.15) is 0 Å². The highest BCUT2D eigenvalue weighted by Gasteiger charge is 2.50. The van der Waals surface area contributed by atoms with Gasteiger partial charge < -0.3 is 30.7 Å². The number of rotatable bonds is 16. The van der Waals surface area contributed by atoms with Crippen LogP contribution in [-0.4, -0.2) is 88.9 Å². The molecule has 4 N–H and O–H groups in total. The van der Waals surface area contributed by atoms with Crippen LogP contribution in [0.3, 0.4) is 0 Å². The quantitative estimate of drug-likeness (QED) is 0.209. The summed E-state index contributed by atoms with van der Waals surface area (Å²) in [6.45, 7) is 16.0. The van der Waals surface area contributed by atoms with Crippen molar-refractivity contribution in [3.63, 3.8) is 0 Å². The maximum absolute atomic E-state index is 13.4. The highest BCUT2D eigenvalue weighted by molar-refractivity contribution is 5.99. The Bertz CT molecular complexity index is 887. The van der Waals surface area contributed by atoms with Crippen LogP contribution < -0.4 is 16.0 Å². The lowest BCUT2D eigenvalue weighted by atomic mass is 9.92. The molecule has 1 fully saturated rings. The average molecular weight is 555 g/mol. The summed E-state index contributed by atoms with van der Waals surface area (Å²) in [5.74, 6) is -2.73. The molecule has 11 heteroatoms. The van der Waals surface area contributed by atoms with Crippen molar-refractivity contribution in [2.45, 2.75) is 117 Å². The first-order valence-electron chi connectivity index (χ1n) is 14.0. The molecule has 0 aromatic heterocycles. The lowest BCUT2D eigenvalue weighted by molar-refractivity contribution is -0.141.